The summed E-state index contributed by atoms with van der Waals surface area (Å²) in [6.45, 7) is 1.54. The smallest absolute Gasteiger partial charge is 0.311 e. The van der Waals surface area contributed by atoms with Gasteiger partial charge in [-0.3, -0.25) is 24.1 Å². The Morgan fingerprint density at radius 1 is 1.10 bits per heavy atom. The minimum atomic E-state index is -0.622. The second kappa shape index (κ2) is 8.59. The summed E-state index contributed by atoms with van der Waals surface area (Å²) in [5.74, 6) is -2.13. The molecule has 8 heteroatoms. The molecule has 0 unspecified atom stereocenters. The lowest BCUT2D eigenvalue weighted by atomic mass is 10.1. The lowest BCUT2D eigenvalue weighted by Gasteiger charge is -2.29. The largest absolute Gasteiger partial charge is 0.455 e. The number of hydrogen-bond acceptors (Lipinski definition) is 5. The van der Waals surface area contributed by atoms with E-state index in [-0.39, 0.29) is 37.4 Å². The minimum Gasteiger partial charge on any atom is -0.455 e. The van der Waals surface area contributed by atoms with Crippen molar-refractivity contribution in [1.82, 2.24) is 4.90 Å². The highest BCUT2D eigenvalue weighted by atomic mass is 16.5. The number of hydrogen-bond donors (Lipinski definition) is 1. The molecule has 2 aromatic rings. The van der Waals surface area contributed by atoms with Crippen LogP contribution < -0.4 is 10.2 Å². The third-order valence-electron chi connectivity index (χ3n) is 5.65. The standard InChI is InChI=1S/C23H23N3O5/c1-15(16-7-3-2-4-8-16)25-12-17(11-21(25)28)23(30)31-14-22(29)26-13-20(27)24-18-9-5-6-10-19(18)26/h2-10,15,17H,11-14H2,1H3,(H,24,27)/t15-,17+/m0/s1. The van der Waals surface area contributed by atoms with Crippen LogP contribution >= 0.6 is 0 Å². The molecule has 3 amide bonds. The number of likely N-dealkylation sites (tertiary alicyclic amines) is 1. The van der Waals surface area contributed by atoms with Crippen molar-refractivity contribution in [3.8, 4) is 0 Å². The minimum absolute atomic E-state index is 0.0547. The summed E-state index contributed by atoms with van der Waals surface area (Å²) in [6.07, 6.45) is 0.0547. The van der Waals surface area contributed by atoms with Gasteiger partial charge < -0.3 is 15.0 Å². The number of carbonyl (C=O) groups is 4. The number of amides is 3. The Morgan fingerprint density at radius 3 is 2.58 bits per heavy atom. The second-order valence-electron chi connectivity index (χ2n) is 7.69. The van der Waals surface area contributed by atoms with Gasteiger partial charge in [-0.1, -0.05) is 42.5 Å². The summed E-state index contributed by atoms with van der Waals surface area (Å²) < 4.78 is 5.23. The van der Waals surface area contributed by atoms with Crippen LogP contribution in [0.15, 0.2) is 54.6 Å². The van der Waals surface area contributed by atoms with Crippen LogP contribution in [0.4, 0.5) is 11.4 Å². The zero-order valence-electron chi connectivity index (χ0n) is 17.1. The van der Waals surface area contributed by atoms with E-state index in [4.69, 9.17) is 4.74 Å². The van der Waals surface area contributed by atoms with Gasteiger partial charge in [-0.05, 0) is 24.6 Å². The highest BCUT2D eigenvalue weighted by Crippen LogP contribution is 2.30. The lowest BCUT2D eigenvalue weighted by molar-refractivity contribution is -0.151. The lowest BCUT2D eigenvalue weighted by Crippen LogP contribution is -2.44. The highest BCUT2D eigenvalue weighted by molar-refractivity contribution is 6.10. The molecule has 0 spiro atoms. The molecule has 1 fully saturated rings. The molecule has 2 aliphatic heterocycles. The second-order valence-corrected chi connectivity index (χ2v) is 7.69. The summed E-state index contributed by atoms with van der Waals surface area (Å²) >= 11 is 0. The van der Waals surface area contributed by atoms with Crippen molar-refractivity contribution >= 4 is 35.1 Å². The predicted molar refractivity (Wildman–Crippen MR) is 113 cm³/mol. The van der Waals surface area contributed by atoms with E-state index in [1.807, 2.05) is 37.3 Å². The first-order chi connectivity index (χ1) is 14.9. The fraction of sp³-hybridized carbons (Fsp3) is 0.304. The summed E-state index contributed by atoms with van der Waals surface area (Å²) in [7, 11) is 0. The van der Waals surface area contributed by atoms with Crippen molar-refractivity contribution in [2.75, 3.05) is 29.9 Å². The van der Waals surface area contributed by atoms with Crippen LogP contribution in [0.2, 0.25) is 0 Å². The Hall–Kier alpha value is -3.68. The number of rotatable bonds is 5. The monoisotopic (exact) mass is 421 g/mol. The number of nitrogens with zero attached hydrogens (tertiary/aromatic N) is 2. The molecule has 4 rings (SSSR count). The number of para-hydroxylation sites is 2. The van der Waals surface area contributed by atoms with Gasteiger partial charge in [0.2, 0.25) is 11.8 Å². The zero-order valence-corrected chi connectivity index (χ0v) is 17.1. The molecule has 0 radical (unpaired) electrons. The van der Waals surface area contributed by atoms with Gasteiger partial charge in [-0.15, -0.1) is 0 Å². The van der Waals surface area contributed by atoms with Crippen molar-refractivity contribution in [3.05, 3.63) is 60.2 Å². The van der Waals surface area contributed by atoms with Gasteiger partial charge >= 0.3 is 5.97 Å². The number of ether oxygens (including phenoxy) is 1. The van der Waals surface area contributed by atoms with Crippen LogP contribution in [0.1, 0.15) is 24.9 Å². The number of fused-ring (bicyclic) bond motifs is 1. The fourth-order valence-corrected chi connectivity index (χ4v) is 3.96. The third-order valence-corrected chi connectivity index (χ3v) is 5.65. The number of nitrogens with one attached hydrogen (secondary N) is 1. The normalized spacial score (nSPS) is 18.9. The maximum absolute atomic E-state index is 12.6. The van der Waals surface area contributed by atoms with E-state index >= 15 is 0 Å². The molecular weight excluding hydrogens is 398 g/mol. The van der Waals surface area contributed by atoms with E-state index < -0.39 is 24.4 Å². The first-order valence-electron chi connectivity index (χ1n) is 10.1. The Balaban J connectivity index is 1.36. The predicted octanol–water partition coefficient (Wildman–Crippen LogP) is 2.12. The van der Waals surface area contributed by atoms with Gasteiger partial charge in [-0.25, -0.2) is 0 Å². The van der Waals surface area contributed by atoms with Gasteiger partial charge in [0, 0.05) is 13.0 Å². The van der Waals surface area contributed by atoms with Gasteiger partial charge in [0.25, 0.3) is 5.91 Å². The van der Waals surface area contributed by atoms with E-state index in [0.717, 1.165) is 5.56 Å². The molecule has 1 N–H and O–H groups in total. The van der Waals surface area contributed by atoms with Crippen molar-refractivity contribution in [1.29, 1.82) is 0 Å². The van der Waals surface area contributed by atoms with Crippen molar-refractivity contribution in [2.24, 2.45) is 5.92 Å². The van der Waals surface area contributed by atoms with Crippen molar-refractivity contribution < 1.29 is 23.9 Å². The van der Waals surface area contributed by atoms with E-state index in [9.17, 15) is 19.2 Å². The molecule has 160 valence electrons. The Bertz CT molecular complexity index is 1020. The van der Waals surface area contributed by atoms with Crippen LogP contribution in [0.25, 0.3) is 0 Å². The molecule has 2 aromatic carbocycles. The summed E-state index contributed by atoms with van der Waals surface area (Å²) in [5.41, 5.74) is 2.08. The Kier molecular flexibility index (Phi) is 5.70. The molecule has 2 aliphatic rings. The van der Waals surface area contributed by atoms with E-state index in [2.05, 4.69) is 5.32 Å². The van der Waals surface area contributed by atoms with Crippen LogP contribution in [0.5, 0.6) is 0 Å². The van der Waals surface area contributed by atoms with Crippen LogP contribution in [0, 0.1) is 5.92 Å². The first kappa shape index (κ1) is 20.6. The molecule has 0 aromatic heterocycles. The maximum atomic E-state index is 12.6. The van der Waals surface area contributed by atoms with Gasteiger partial charge in [0.05, 0.1) is 23.3 Å². The van der Waals surface area contributed by atoms with Crippen molar-refractivity contribution in [2.45, 2.75) is 19.4 Å². The summed E-state index contributed by atoms with van der Waals surface area (Å²) in [4.78, 5) is 52.5. The SMILES string of the molecule is C[C@@H](c1ccccc1)N1C[C@H](C(=O)OCC(=O)N2CC(=O)Nc3ccccc32)CC1=O. The van der Waals surface area contributed by atoms with Crippen LogP contribution in [0.3, 0.4) is 0 Å². The van der Waals surface area contributed by atoms with Gasteiger partial charge in [0.15, 0.2) is 6.61 Å². The van der Waals surface area contributed by atoms with Gasteiger partial charge in [0.1, 0.15) is 6.54 Å². The fourth-order valence-electron chi connectivity index (χ4n) is 3.96. The molecule has 0 aliphatic carbocycles. The Morgan fingerprint density at radius 2 is 1.81 bits per heavy atom. The highest BCUT2D eigenvalue weighted by Gasteiger charge is 2.38. The molecule has 2 atom stereocenters. The summed E-state index contributed by atoms with van der Waals surface area (Å²) in [5, 5.41) is 2.70. The Labute approximate surface area is 179 Å². The molecule has 0 bridgehead atoms. The topological polar surface area (TPSA) is 96.0 Å². The number of anilines is 2. The molecule has 31 heavy (non-hydrogen) atoms. The van der Waals surface area contributed by atoms with E-state index in [1.165, 1.54) is 4.90 Å². The van der Waals surface area contributed by atoms with Gasteiger partial charge in [-0.2, -0.15) is 0 Å². The molecular formula is C23H23N3O5. The average molecular weight is 421 g/mol. The zero-order chi connectivity index (χ0) is 22.0. The summed E-state index contributed by atoms with van der Waals surface area (Å²) in [6, 6.07) is 16.4. The van der Waals surface area contributed by atoms with Crippen LogP contribution in [-0.4, -0.2) is 48.3 Å². The van der Waals surface area contributed by atoms with E-state index in [0.29, 0.717) is 11.4 Å². The third kappa shape index (κ3) is 4.28. The average Bonchev–Trinajstić information content (AvgIpc) is 3.18. The molecule has 0 saturated carbocycles. The quantitative estimate of drug-likeness (QED) is 0.746. The number of esters is 1. The molecule has 2 heterocycles. The van der Waals surface area contributed by atoms with E-state index in [1.54, 1.807) is 29.2 Å². The molecule has 8 nitrogen and oxygen atoms in total. The molecule has 1 saturated heterocycles. The maximum Gasteiger partial charge on any atom is 0.311 e. The number of carbonyl (C=O) groups excluding carboxylic acids is 4. The van der Waals surface area contributed by atoms with Crippen molar-refractivity contribution in [3.63, 3.8) is 0 Å². The first-order valence-corrected chi connectivity index (χ1v) is 10.1. The van der Waals surface area contributed by atoms with Crippen LogP contribution in [-0.2, 0) is 23.9 Å². The number of benzene rings is 2.